The number of carboxylic acid groups (broad SMARTS) is 1. The molecule has 1 unspecified atom stereocenters. The van der Waals surface area contributed by atoms with Gasteiger partial charge in [-0.05, 0) is 12.1 Å². The van der Waals surface area contributed by atoms with Gasteiger partial charge in [0.05, 0.1) is 18.9 Å². The molecule has 0 bridgehead atoms. The van der Waals surface area contributed by atoms with Crippen molar-refractivity contribution in [2.24, 2.45) is 0 Å². The van der Waals surface area contributed by atoms with Crippen molar-refractivity contribution in [3.63, 3.8) is 0 Å². The quantitative estimate of drug-likeness (QED) is 0.847. The summed E-state index contributed by atoms with van der Waals surface area (Å²) in [5, 5.41) is 20.3. The first-order valence-corrected chi connectivity index (χ1v) is 6.11. The van der Waals surface area contributed by atoms with Gasteiger partial charge in [0.2, 0.25) is 0 Å². The lowest BCUT2D eigenvalue weighted by atomic mass is 10.2. The maximum atomic E-state index is 13.4. The average Bonchev–Trinajstić information content (AvgIpc) is 2.47. The van der Waals surface area contributed by atoms with E-state index in [1.165, 1.54) is 12.1 Å². The van der Waals surface area contributed by atoms with E-state index in [-0.39, 0.29) is 31.0 Å². The highest BCUT2D eigenvalue weighted by molar-refractivity contribution is 5.93. The van der Waals surface area contributed by atoms with Crippen molar-refractivity contribution >= 4 is 17.7 Å². The Morgan fingerprint density at radius 2 is 2.29 bits per heavy atom. The number of ether oxygens (including phenoxy) is 1. The van der Waals surface area contributed by atoms with Crippen LogP contribution in [0.15, 0.2) is 18.2 Å². The number of hydrogen-bond acceptors (Lipinski definition) is 4. The first kappa shape index (κ1) is 14.7. The third-order valence-electron chi connectivity index (χ3n) is 3.04. The number of carboxylic acids is 1. The van der Waals surface area contributed by atoms with Gasteiger partial charge in [-0.3, -0.25) is 0 Å². The van der Waals surface area contributed by atoms with E-state index in [9.17, 15) is 14.0 Å². The number of nitrogens with one attached hydrogen (secondary N) is 1. The van der Waals surface area contributed by atoms with Gasteiger partial charge in [0, 0.05) is 6.54 Å². The molecule has 7 nitrogen and oxygen atoms in total. The van der Waals surface area contributed by atoms with Gasteiger partial charge in [0.1, 0.15) is 17.4 Å². The lowest BCUT2D eigenvalue weighted by Gasteiger charge is -2.32. The molecular formula is C13H12FN3O4. The van der Waals surface area contributed by atoms with Crippen molar-refractivity contribution in [3.8, 4) is 6.07 Å². The Morgan fingerprint density at radius 1 is 1.52 bits per heavy atom. The lowest BCUT2D eigenvalue weighted by Crippen LogP contribution is -2.54. The number of nitriles is 1. The second-order valence-corrected chi connectivity index (χ2v) is 4.33. The fourth-order valence-electron chi connectivity index (χ4n) is 1.98. The molecule has 1 heterocycles. The van der Waals surface area contributed by atoms with Gasteiger partial charge >= 0.3 is 12.0 Å². The summed E-state index contributed by atoms with van der Waals surface area (Å²) in [7, 11) is 0. The highest BCUT2D eigenvalue weighted by atomic mass is 19.1. The third-order valence-corrected chi connectivity index (χ3v) is 3.04. The predicted molar refractivity (Wildman–Crippen MR) is 69.1 cm³/mol. The number of morpholine rings is 1. The molecule has 2 amide bonds. The van der Waals surface area contributed by atoms with Crippen molar-refractivity contribution in [1.82, 2.24) is 4.90 Å². The van der Waals surface area contributed by atoms with E-state index in [1.807, 2.05) is 0 Å². The molecule has 1 aromatic carbocycles. The Morgan fingerprint density at radius 3 is 2.95 bits per heavy atom. The summed E-state index contributed by atoms with van der Waals surface area (Å²) in [6.07, 6.45) is 0. The Hall–Kier alpha value is -2.66. The van der Waals surface area contributed by atoms with Crippen LogP contribution in [0.2, 0.25) is 0 Å². The summed E-state index contributed by atoms with van der Waals surface area (Å²) in [6.45, 7) is 0.197. The molecule has 1 fully saturated rings. The summed E-state index contributed by atoms with van der Waals surface area (Å²) in [4.78, 5) is 24.3. The molecule has 1 aliphatic heterocycles. The summed E-state index contributed by atoms with van der Waals surface area (Å²) in [5.41, 5.74) is -0.302. The molecule has 1 aliphatic rings. The second-order valence-electron chi connectivity index (χ2n) is 4.33. The molecule has 2 N–H and O–H groups in total. The number of benzene rings is 1. The van der Waals surface area contributed by atoms with Crippen LogP contribution in [0.3, 0.4) is 0 Å². The Bertz CT molecular complexity index is 614. The smallest absolute Gasteiger partial charge is 0.328 e. The molecule has 0 aromatic heterocycles. The Balaban J connectivity index is 2.20. The SMILES string of the molecule is N#Cc1c(F)cccc1NC(=O)N1CCOCC1C(=O)O. The zero-order valence-corrected chi connectivity index (χ0v) is 10.9. The van der Waals surface area contributed by atoms with Gasteiger partial charge in [-0.15, -0.1) is 0 Å². The Kier molecular flexibility index (Phi) is 4.35. The van der Waals surface area contributed by atoms with Gasteiger partial charge < -0.3 is 20.1 Å². The number of aliphatic carboxylic acids is 1. The van der Waals surface area contributed by atoms with Crippen LogP contribution in [0.25, 0.3) is 0 Å². The van der Waals surface area contributed by atoms with E-state index in [0.29, 0.717) is 0 Å². The molecule has 1 saturated heterocycles. The third kappa shape index (κ3) is 3.09. The molecule has 0 aliphatic carbocycles. The molecule has 21 heavy (non-hydrogen) atoms. The number of hydrogen-bond donors (Lipinski definition) is 2. The molecule has 1 atom stereocenters. The van der Waals surface area contributed by atoms with Crippen molar-refractivity contribution < 1.29 is 23.8 Å². The van der Waals surface area contributed by atoms with E-state index in [1.54, 1.807) is 6.07 Å². The monoisotopic (exact) mass is 293 g/mol. The van der Waals surface area contributed by atoms with Crippen LogP contribution in [0.5, 0.6) is 0 Å². The van der Waals surface area contributed by atoms with Crippen LogP contribution in [0, 0.1) is 17.1 Å². The van der Waals surface area contributed by atoms with Crippen LogP contribution in [-0.4, -0.2) is 47.8 Å². The normalized spacial score (nSPS) is 17.9. The van der Waals surface area contributed by atoms with E-state index >= 15 is 0 Å². The summed E-state index contributed by atoms with van der Waals surface area (Å²) in [5.74, 6) is -1.95. The molecule has 8 heteroatoms. The molecular weight excluding hydrogens is 281 g/mol. The van der Waals surface area contributed by atoms with Gasteiger partial charge in [0.25, 0.3) is 0 Å². The maximum absolute atomic E-state index is 13.4. The summed E-state index contributed by atoms with van der Waals surface area (Å²) in [6, 6.07) is 3.65. The van der Waals surface area contributed by atoms with E-state index in [0.717, 1.165) is 11.0 Å². The van der Waals surface area contributed by atoms with Crippen LogP contribution in [0.4, 0.5) is 14.9 Å². The summed E-state index contributed by atoms with van der Waals surface area (Å²) < 4.78 is 18.5. The van der Waals surface area contributed by atoms with Crippen LogP contribution in [-0.2, 0) is 9.53 Å². The molecule has 0 radical (unpaired) electrons. The molecule has 110 valence electrons. The maximum Gasteiger partial charge on any atom is 0.328 e. The van der Waals surface area contributed by atoms with Gasteiger partial charge in [-0.1, -0.05) is 6.07 Å². The largest absolute Gasteiger partial charge is 0.480 e. The number of nitrogens with zero attached hydrogens (tertiary/aromatic N) is 2. The molecule has 0 saturated carbocycles. The van der Waals surface area contributed by atoms with Gasteiger partial charge in [0.15, 0.2) is 6.04 Å². The van der Waals surface area contributed by atoms with Crippen molar-refractivity contribution in [2.45, 2.75) is 6.04 Å². The van der Waals surface area contributed by atoms with Gasteiger partial charge in [-0.25, -0.2) is 14.0 Å². The van der Waals surface area contributed by atoms with Crippen LogP contribution in [0.1, 0.15) is 5.56 Å². The number of rotatable bonds is 2. The number of amides is 2. The van der Waals surface area contributed by atoms with Crippen molar-refractivity contribution in [3.05, 3.63) is 29.6 Å². The van der Waals surface area contributed by atoms with E-state index < -0.39 is 23.9 Å². The zero-order chi connectivity index (χ0) is 15.4. The highest BCUT2D eigenvalue weighted by Crippen LogP contribution is 2.19. The minimum atomic E-state index is -1.19. The summed E-state index contributed by atoms with van der Waals surface area (Å²) >= 11 is 0. The number of carbonyl (C=O) groups is 2. The van der Waals surface area contributed by atoms with Crippen LogP contribution < -0.4 is 5.32 Å². The van der Waals surface area contributed by atoms with Crippen molar-refractivity contribution in [2.75, 3.05) is 25.1 Å². The molecule has 1 aromatic rings. The van der Waals surface area contributed by atoms with E-state index in [2.05, 4.69) is 5.32 Å². The molecule has 2 rings (SSSR count). The highest BCUT2D eigenvalue weighted by Gasteiger charge is 2.33. The Labute approximate surface area is 119 Å². The topological polar surface area (TPSA) is 103 Å². The fraction of sp³-hybridized carbons (Fsp3) is 0.308. The van der Waals surface area contributed by atoms with Gasteiger partial charge in [-0.2, -0.15) is 5.26 Å². The average molecular weight is 293 g/mol. The number of urea groups is 1. The zero-order valence-electron chi connectivity index (χ0n) is 10.9. The number of carbonyl (C=O) groups excluding carboxylic acids is 1. The number of halogens is 1. The first-order chi connectivity index (χ1) is 10.0. The minimum Gasteiger partial charge on any atom is -0.480 e. The second kappa shape index (κ2) is 6.19. The lowest BCUT2D eigenvalue weighted by molar-refractivity contribution is -0.147. The predicted octanol–water partition coefficient (Wildman–Crippen LogP) is 1.01. The fourth-order valence-corrected chi connectivity index (χ4v) is 1.98. The van der Waals surface area contributed by atoms with Crippen LogP contribution >= 0.6 is 0 Å². The van der Waals surface area contributed by atoms with E-state index in [4.69, 9.17) is 15.1 Å². The number of anilines is 1. The minimum absolute atomic E-state index is 0.00173. The molecule has 0 spiro atoms. The first-order valence-electron chi connectivity index (χ1n) is 6.11. The van der Waals surface area contributed by atoms with Crippen molar-refractivity contribution in [1.29, 1.82) is 5.26 Å². The standard InChI is InChI=1S/C13H12FN3O4/c14-9-2-1-3-10(8(9)6-15)16-13(20)17-4-5-21-7-11(17)12(18)19/h1-3,11H,4-5,7H2,(H,16,20)(H,18,19).